The number of carboxylic acid groups (broad SMARTS) is 1. The molecule has 0 radical (unpaired) electrons. The number of nitrogens with one attached hydrogen (secondary N) is 1. The van der Waals surface area contributed by atoms with E-state index in [4.69, 9.17) is 9.94 Å². The molecule has 0 atom stereocenters. The van der Waals surface area contributed by atoms with Crippen LogP contribution in [0.25, 0.3) is 0 Å². The van der Waals surface area contributed by atoms with E-state index in [1.807, 2.05) is 13.8 Å². The highest BCUT2D eigenvalue weighted by Gasteiger charge is 1.97. The maximum Gasteiger partial charge on any atom is 0.330 e. The van der Waals surface area contributed by atoms with Crippen LogP contribution in [0.3, 0.4) is 0 Å². The lowest BCUT2D eigenvalue weighted by Crippen LogP contribution is -2.18. The Balaban J connectivity index is 3.45. The van der Waals surface area contributed by atoms with Crippen LogP contribution in [0.2, 0.25) is 0 Å². The normalized spacial score (nSPS) is 12.2. The fourth-order valence-corrected chi connectivity index (χ4v) is 0.567. The Morgan fingerprint density at radius 3 is 2.69 bits per heavy atom. The Morgan fingerprint density at radius 1 is 1.62 bits per heavy atom. The molecular formula is C9H17NO3. The summed E-state index contributed by atoms with van der Waals surface area (Å²) in [6, 6.07) is 0. The summed E-state index contributed by atoms with van der Waals surface area (Å²) >= 11 is 0. The number of aliphatic carboxylic acids is 1. The highest BCUT2D eigenvalue weighted by atomic mass is 16.6. The summed E-state index contributed by atoms with van der Waals surface area (Å²) in [5, 5.41) is 8.49. The van der Waals surface area contributed by atoms with Crippen LogP contribution in [0.5, 0.6) is 0 Å². The molecule has 0 saturated heterocycles. The Hall–Kier alpha value is -0.870. The van der Waals surface area contributed by atoms with Gasteiger partial charge in [-0.25, -0.2) is 4.79 Å². The van der Waals surface area contributed by atoms with Gasteiger partial charge in [-0.15, -0.1) is 0 Å². The first-order valence-corrected chi connectivity index (χ1v) is 4.28. The second-order valence-electron chi connectivity index (χ2n) is 3.25. The lowest BCUT2D eigenvalue weighted by Gasteiger charge is -2.05. The van der Waals surface area contributed by atoms with Crippen LogP contribution >= 0.6 is 0 Å². The molecule has 0 spiro atoms. The van der Waals surface area contributed by atoms with Crippen LogP contribution in [0, 0.1) is 5.92 Å². The van der Waals surface area contributed by atoms with Crippen molar-refractivity contribution < 1.29 is 14.7 Å². The molecule has 0 aromatic heterocycles. The monoisotopic (exact) mass is 187 g/mol. The van der Waals surface area contributed by atoms with Gasteiger partial charge in [-0.1, -0.05) is 19.9 Å². The van der Waals surface area contributed by atoms with Gasteiger partial charge in [0.15, 0.2) is 0 Å². The van der Waals surface area contributed by atoms with E-state index in [0.717, 1.165) is 0 Å². The van der Waals surface area contributed by atoms with E-state index in [1.165, 1.54) is 0 Å². The lowest BCUT2D eigenvalue weighted by molar-refractivity contribution is -0.132. The molecule has 0 heterocycles. The average Bonchev–Trinajstić information content (AvgIpc) is 2.02. The van der Waals surface area contributed by atoms with E-state index in [0.29, 0.717) is 24.6 Å². The van der Waals surface area contributed by atoms with Gasteiger partial charge in [0.1, 0.15) is 0 Å². The molecule has 4 nitrogen and oxygen atoms in total. The van der Waals surface area contributed by atoms with Gasteiger partial charge in [0, 0.05) is 12.1 Å². The van der Waals surface area contributed by atoms with Crippen LogP contribution in [-0.4, -0.2) is 24.2 Å². The minimum Gasteiger partial charge on any atom is -0.478 e. The van der Waals surface area contributed by atoms with Gasteiger partial charge in [0.05, 0.1) is 6.61 Å². The van der Waals surface area contributed by atoms with Crippen molar-refractivity contribution in [2.24, 2.45) is 5.92 Å². The third-order valence-electron chi connectivity index (χ3n) is 1.35. The fourth-order valence-electron chi connectivity index (χ4n) is 0.567. The first kappa shape index (κ1) is 12.1. The van der Waals surface area contributed by atoms with Crippen molar-refractivity contribution in [3.8, 4) is 0 Å². The number of carboxylic acids is 1. The summed E-state index contributed by atoms with van der Waals surface area (Å²) < 4.78 is 0. The zero-order chi connectivity index (χ0) is 10.3. The molecule has 0 aliphatic heterocycles. The first-order chi connectivity index (χ1) is 6.04. The van der Waals surface area contributed by atoms with E-state index in [9.17, 15) is 4.79 Å². The Morgan fingerprint density at radius 2 is 2.23 bits per heavy atom. The summed E-state index contributed by atoms with van der Waals surface area (Å²) in [4.78, 5) is 15.4. The molecule has 0 aromatic rings. The van der Waals surface area contributed by atoms with Crippen LogP contribution in [0.4, 0.5) is 0 Å². The van der Waals surface area contributed by atoms with Crippen molar-refractivity contribution in [2.75, 3.05) is 13.2 Å². The number of rotatable bonds is 6. The van der Waals surface area contributed by atoms with E-state index in [2.05, 4.69) is 5.48 Å². The molecule has 0 saturated carbocycles. The standard InChI is InChI=1S/C9H17NO3/c1-7(2)6-13-10-5-4-8(3)9(11)12/h4,7,10H,5-6H2,1-3H3,(H,11,12)/b8-4-. The smallest absolute Gasteiger partial charge is 0.330 e. The first-order valence-electron chi connectivity index (χ1n) is 4.28. The van der Waals surface area contributed by atoms with E-state index >= 15 is 0 Å². The molecular weight excluding hydrogens is 170 g/mol. The summed E-state index contributed by atoms with van der Waals surface area (Å²) in [5.41, 5.74) is 2.98. The molecule has 0 rings (SSSR count). The van der Waals surface area contributed by atoms with Crippen molar-refractivity contribution in [2.45, 2.75) is 20.8 Å². The third-order valence-corrected chi connectivity index (χ3v) is 1.35. The van der Waals surface area contributed by atoms with Gasteiger partial charge in [-0.3, -0.25) is 0 Å². The quantitative estimate of drug-likeness (QED) is 0.372. The molecule has 0 aliphatic carbocycles. The number of hydrogen-bond donors (Lipinski definition) is 2. The van der Waals surface area contributed by atoms with Gasteiger partial charge in [0.25, 0.3) is 0 Å². The number of hydroxylamine groups is 1. The van der Waals surface area contributed by atoms with Crippen LogP contribution in [-0.2, 0) is 9.63 Å². The second-order valence-corrected chi connectivity index (χ2v) is 3.25. The van der Waals surface area contributed by atoms with Gasteiger partial charge in [-0.05, 0) is 12.8 Å². The van der Waals surface area contributed by atoms with Crippen molar-refractivity contribution in [1.29, 1.82) is 0 Å². The third kappa shape index (κ3) is 7.49. The largest absolute Gasteiger partial charge is 0.478 e. The van der Waals surface area contributed by atoms with Gasteiger partial charge < -0.3 is 9.94 Å². The number of hydrogen-bond acceptors (Lipinski definition) is 3. The van der Waals surface area contributed by atoms with Gasteiger partial charge in [-0.2, -0.15) is 5.48 Å². The molecule has 0 aliphatic rings. The summed E-state index contributed by atoms with van der Waals surface area (Å²) in [5.74, 6) is -0.428. The topological polar surface area (TPSA) is 58.6 Å². The highest BCUT2D eigenvalue weighted by molar-refractivity contribution is 5.85. The number of carbonyl (C=O) groups is 1. The van der Waals surface area contributed by atoms with Crippen LogP contribution in [0.15, 0.2) is 11.6 Å². The lowest BCUT2D eigenvalue weighted by atomic mass is 10.2. The van der Waals surface area contributed by atoms with Crippen molar-refractivity contribution in [1.82, 2.24) is 5.48 Å². The molecule has 0 unspecified atom stereocenters. The van der Waals surface area contributed by atoms with Gasteiger partial charge >= 0.3 is 5.97 Å². The second kappa shape index (κ2) is 6.62. The Kier molecular flexibility index (Phi) is 6.18. The van der Waals surface area contributed by atoms with E-state index in [1.54, 1.807) is 13.0 Å². The van der Waals surface area contributed by atoms with Crippen molar-refractivity contribution >= 4 is 5.97 Å². The molecule has 0 aromatic carbocycles. The Bertz CT molecular complexity index is 187. The predicted octanol–water partition coefficient (Wildman–Crippen LogP) is 1.19. The maximum absolute atomic E-state index is 10.3. The molecule has 4 heteroatoms. The van der Waals surface area contributed by atoms with Crippen LogP contribution < -0.4 is 5.48 Å². The highest BCUT2D eigenvalue weighted by Crippen LogP contribution is 1.91. The minimum atomic E-state index is -0.898. The zero-order valence-electron chi connectivity index (χ0n) is 8.33. The van der Waals surface area contributed by atoms with Crippen molar-refractivity contribution in [3.63, 3.8) is 0 Å². The summed E-state index contributed by atoms with van der Waals surface area (Å²) in [6.07, 6.45) is 1.57. The maximum atomic E-state index is 10.3. The molecule has 0 bridgehead atoms. The summed E-state index contributed by atoms with van der Waals surface area (Å²) in [7, 11) is 0. The van der Waals surface area contributed by atoms with Crippen LogP contribution in [0.1, 0.15) is 20.8 Å². The molecule has 0 fully saturated rings. The van der Waals surface area contributed by atoms with E-state index < -0.39 is 5.97 Å². The molecule has 0 amide bonds. The molecule has 76 valence electrons. The SMILES string of the molecule is C/C(=C/CNOCC(C)C)C(=O)O. The predicted molar refractivity (Wildman–Crippen MR) is 50.2 cm³/mol. The Labute approximate surface area is 78.5 Å². The van der Waals surface area contributed by atoms with Gasteiger partial charge in [0.2, 0.25) is 0 Å². The minimum absolute atomic E-state index is 0.320. The van der Waals surface area contributed by atoms with Crippen molar-refractivity contribution in [3.05, 3.63) is 11.6 Å². The zero-order valence-corrected chi connectivity index (χ0v) is 8.33. The summed E-state index contributed by atoms with van der Waals surface area (Å²) in [6.45, 7) is 6.68. The fraction of sp³-hybridized carbons (Fsp3) is 0.667. The van der Waals surface area contributed by atoms with E-state index in [-0.39, 0.29) is 0 Å². The average molecular weight is 187 g/mol. The molecule has 2 N–H and O–H groups in total. The molecule has 13 heavy (non-hydrogen) atoms.